The lowest BCUT2D eigenvalue weighted by molar-refractivity contribution is -0.200. The van der Waals surface area contributed by atoms with E-state index in [2.05, 4.69) is 4.74 Å². The van der Waals surface area contributed by atoms with Gasteiger partial charge in [-0.1, -0.05) is 0 Å². The molecule has 0 spiro atoms. The molecule has 1 heterocycles. The highest BCUT2D eigenvalue weighted by molar-refractivity contribution is 5.68. The summed E-state index contributed by atoms with van der Waals surface area (Å²) in [6, 6.07) is 0. The van der Waals surface area contributed by atoms with E-state index in [0.29, 0.717) is 0 Å². The van der Waals surface area contributed by atoms with Gasteiger partial charge in [-0.3, -0.25) is 4.90 Å². The van der Waals surface area contributed by atoms with Crippen molar-refractivity contribution in [1.82, 2.24) is 9.80 Å². The maximum absolute atomic E-state index is 12.8. The Bertz CT molecular complexity index is 576. The van der Waals surface area contributed by atoms with Gasteiger partial charge in [-0.15, -0.1) is 0 Å². The summed E-state index contributed by atoms with van der Waals surface area (Å²) in [7, 11) is 0. The second-order valence-corrected chi connectivity index (χ2v) is 4.90. The van der Waals surface area contributed by atoms with Gasteiger partial charge in [0.25, 0.3) is 0 Å². The van der Waals surface area contributed by atoms with Gasteiger partial charge in [-0.25, -0.2) is 4.79 Å². The third kappa shape index (κ3) is 4.56. The van der Waals surface area contributed by atoms with Crippen molar-refractivity contribution in [3.63, 3.8) is 0 Å². The molecule has 0 aromatic heterocycles. The summed E-state index contributed by atoms with van der Waals surface area (Å²) in [6.45, 7) is -5.37. The van der Waals surface area contributed by atoms with Crippen LogP contribution in [0.25, 0.3) is 0 Å². The molecule has 19 heavy (non-hydrogen) atoms. The van der Waals surface area contributed by atoms with Crippen LogP contribution in [0.15, 0.2) is 0 Å². The lowest BCUT2D eigenvalue weighted by atomic mass is 10.1. The predicted molar refractivity (Wildman–Crippen MR) is 64.9 cm³/mol. The maximum atomic E-state index is 12.8. The SMILES string of the molecule is [2H]C1([2H])CN(C(C)(C)C)C([2H])([2H])C([2H])([2H])N1C(=O)OC([2H])(C)C(F)(F)F. The van der Waals surface area contributed by atoms with Crippen LogP contribution >= 0.6 is 0 Å². The van der Waals surface area contributed by atoms with E-state index in [-0.39, 0.29) is 11.8 Å². The zero-order valence-electron chi connectivity index (χ0n) is 18.1. The Morgan fingerprint density at radius 3 is 2.37 bits per heavy atom. The molecular weight excluding hydrogens is 261 g/mol. The minimum absolute atomic E-state index is 0.204. The first kappa shape index (κ1) is 8.34. The minimum atomic E-state index is -5.31. The van der Waals surface area contributed by atoms with E-state index in [4.69, 9.17) is 9.60 Å². The average molecular weight is 289 g/mol. The number of carbonyl (C=O) groups excluding carboxylic acids is 1. The molecule has 0 radical (unpaired) electrons. The Morgan fingerprint density at radius 1 is 1.32 bits per heavy atom. The normalized spacial score (nSPS) is 35.3. The first-order valence-electron chi connectivity index (χ1n) is 8.97. The second kappa shape index (κ2) is 5.56. The zero-order valence-corrected chi connectivity index (χ0v) is 11.1. The molecule has 0 aliphatic carbocycles. The van der Waals surface area contributed by atoms with E-state index in [1.54, 1.807) is 0 Å². The number of carbonyl (C=O) groups is 1. The highest BCUT2D eigenvalue weighted by atomic mass is 19.4. The Labute approximate surface area is 121 Å². The molecule has 1 aliphatic heterocycles. The minimum Gasteiger partial charge on any atom is -0.437 e. The fraction of sp³-hybridized carbons (Fsp3) is 0.917. The van der Waals surface area contributed by atoms with E-state index in [1.165, 1.54) is 20.8 Å². The molecule has 1 saturated heterocycles. The van der Waals surface area contributed by atoms with Crippen molar-refractivity contribution in [3.05, 3.63) is 0 Å². The van der Waals surface area contributed by atoms with Crippen molar-refractivity contribution in [2.45, 2.75) is 45.5 Å². The van der Waals surface area contributed by atoms with Gasteiger partial charge >= 0.3 is 12.3 Å². The smallest absolute Gasteiger partial charge is 0.425 e. The topological polar surface area (TPSA) is 32.8 Å². The Morgan fingerprint density at radius 2 is 1.89 bits per heavy atom. The van der Waals surface area contributed by atoms with Crippen LogP contribution in [0.4, 0.5) is 18.0 Å². The van der Waals surface area contributed by atoms with Gasteiger partial charge in [0.05, 0.1) is 6.85 Å². The third-order valence-electron chi connectivity index (χ3n) is 2.32. The summed E-state index contributed by atoms with van der Waals surface area (Å²) in [5.74, 6) is 0. The lowest BCUT2D eigenvalue weighted by Gasteiger charge is -2.42. The standard InChI is InChI=1S/C12H21F3N2O2/c1-9(12(13,14)15)19-10(18)16-5-7-17(8-6-16)11(2,3)4/h9H,5-8H2,1-4H3/i5D2,6D2,7D2,9D. The molecule has 0 aromatic carbocycles. The molecule has 1 amide bonds. The van der Waals surface area contributed by atoms with E-state index in [0.717, 1.165) is 4.90 Å². The molecule has 0 N–H and O–H groups in total. The van der Waals surface area contributed by atoms with Crippen LogP contribution < -0.4 is 0 Å². The lowest BCUT2D eigenvalue weighted by Crippen LogP contribution is -2.55. The second-order valence-electron chi connectivity index (χ2n) is 4.90. The molecule has 4 nitrogen and oxygen atoms in total. The predicted octanol–water partition coefficient (Wildman–Crippen LogP) is 2.49. The summed E-state index contributed by atoms with van der Waals surface area (Å²) in [6.07, 6.45) is -11.2. The number of amides is 1. The first-order valence-corrected chi connectivity index (χ1v) is 5.47. The fourth-order valence-corrected chi connectivity index (χ4v) is 1.08. The van der Waals surface area contributed by atoms with Crippen LogP contribution in [-0.4, -0.2) is 59.7 Å². The molecule has 112 valence electrons. The highest BCUT2D eigenvalue weighted by Crippen LogP contribution is 2.23. The quantitative estimate of drug-likeness (QED) is 0.743. The van der Waals surface area contributed by atoms with Crippen molar-refractivity contribution < 1.29 is 32.3 Å². The van der Waals surface area contributed by atoms with Crippen molar-refractivity contribution in [2.24, 2.45) is 0 Å². The van der Waals surface area contributed by atoms with E-state index < -0.39 is 49.9 Å². The molecule has 1 rings (SSSR count). The van der Waals surface area contributed by atoms with Gasteiger partial charge in [-0.2, -0.15) is 13.2 Å². The highest BCUT2D eigenvalue weighted by Gasteiger charge is 2.40. The van der Waals surface area contributed by atoms with E-state index in [1.807, 2.05) is 0 Å². The van der Waals surface area contributed by atoms with Gasteiger partial charge in [-0.05, 0) is 27.7 Å². The number of nitrogens with zero attached hydrogens (tertiary/aromatic N) is 2. The summed E-state index contributed by atoms with van der Waals surface area (Å²) in [5, 5.41) is 0. The van der Waals surface area contributed by atoms with Crippen LogP contribution in [0.5, 0.6) is 0 Å². The summed E-state index contributed by atoms with van der Waals surface area (Å²) < 4.78 is 97.1. The van der Waals surface area contributed by atoms with Gasteiger partial charge in [0.2, 0.25) is 0 Å². The molecule has 1 fully saturated rings. The first-order chi connectivity index (χ1) is 11.1. The molecule has 1 atom stereocenters. The van der Waals surface area contributed by atoms with Gasteiger partial charge in [0.1, 0.15) is 0 Å². The number of halogens is 3. The van der Waals surface area contributed by atoms with Crippen molar-refractivity contribution in [1.29, 1.82) is 0 Å². The molecule has 1 aliphatic rings. The Kier molecular flexibility index (Phi) is 2.44. The zero-order chi connectivity index (χ0) is 21.1. The van der Waals surface area contributed by atoms with Crippen LogP contribution in [0.1, 0.15) is 37.3 Å². The Hall–Kier alpha value is -0.980. The molecule has 0 aromatic rings. The van der Waals surface area contributed by atoms with Crippen LogP contribution in [0, 0.1) is 0 Å². The van der Waals surface area contributed by atoms with Crippen LogP contribution in [0.2, 0.25) is 0 Å². The number of hydrogen-bond donors (Lipinski definition) is 0. The molecular formula is C12H21F3N2O2. The molecule has 7 heteroatoms. The van der Waals surface area contributed by atoms with Crippen molar-refractivity contribution >= 4 is 6.09 Å². The summed E-state index contributed by atoms with van der Waals surface area (Å²) in [5.41, 5.74) is -1.06. The molecule has 0 saturated carbocycles. The van der Waals surface area contributed by atoms with Gasteiger partial charge in [0, 0.05) is 34.3 Å². The largest absolute Gasteiger partial charge is 0.437 e. The number of rotatable bonds is 1. The number of ether oxygens (including phenoxy) is 1. The van der Waals surface area contributed by atoms with Gasteiger partial charge < -0.3 is 9.64 Å². The monoisotopic (exact) mass is 289 g/mol. The summed E-state index contributed by atoms with van der Waals surface area (Å²) >= 11 is 0. The number of alkyl halides is 3. The number of piperazine rings is 1. The maximum Gasteiger partial charge on any atom is 0.425 e. The molecule has 1 unspecified atom stereocenters. The Balaban J connectivity index is 3.38. The van der Waals surface area contributed by atoms with E-state index in [9.17, 15) is 18.0 Å². The van der Waals surface area contributed by atoms with E-state index >= 15 is 0 Å². The average Bonchev–Trinajstić information content (AvgIpc) is 2.29. The van der Waals surface area contributed by atoms with Crippen LogP contribution in [-0.2, 0) is 4.74 Å². The van der Waals surface area contributed by atoms with Crippen molar-refractivity contribution in [3.8, 4) is 0 Å². The fourth-order valence-electron chi connectivity index (χ4n) is 1.08. The molecule has 0 bridgehead atoms. The van der Waals surface area contributed by atoms with Crippen LogP contribution in [0.3, 0.4) is 0 Å². The van der Waals surface area contributed by atoms with Gasteiger partial charge in [0.15, 0.2) is 6.08 Å². The third-order valence-corrected chi connectivity index (χ3v) is 2.32. The summed E-state index contributed by atoms with van der Waals surface area (Å²) in [4.78, 5) is 12.6. The number of hydrogen-bond acceptors (Lipinski definition) is 3. The van der Waals surface area contributed by atoms with Crippen molar-refractivity contribution in [2.75, 3.05) is 26.0 Å².